The summed E-state index contributed by atoms with van der Waals surface area (Å²) in [5.74, 6) is -1.37. The molecule has 0 saturated heterocycles. The Morgan fingerprint density at radius 2 is 1.82 bits per heavy atom. The standard InChI is InChI=1S/C11H14N2O4/c1-17-11(16)9(14)8(12)6-2-4-7(5-3-6)10(13)15/h2-5,8-9,14H,12H2,1H3,(H2,13,15)/t8-,9+/m0/s1. The summed E-state index contributed by atoms with van der Waals surface area (Å²) in [5.41, 5.74) is 11.6. The summed E-state index contributed by atoms with van der Waals surface area (Å²) < 4.78 is 4.37. The Morgan fingerprint density at radius 3 is 2.24 bits per heavy atom. The topological polar surface area (TPSA) is 116 Å². The van der Waals surface area contributed by atoms with Gasteiger partial charge in [0.25, 0.3) is 0 Å². The summed E-state index contributed by atoms with van der Waals surface area (Å²) in [6.07, 6.45) is -1.44. The van der Waals surface area contributed by atoms with Crippen molar-refractivity contribution in [2.45, 2.75) is 12.1 Å². The number of carbonyl (C=O) groups excluding carboxylic acids is 2. The quantitative estimate of drug-likeness (QED) is 0.601. The molecule has 0 bridgehead atoms. The zero-order valence-electron chi connectivity index (χ0n) is 9.29. The first-order valence-corrected chi connectivity index (χ1v) is 4.88. The second kappa shape index (κ2) is 5.42. The number of primary amides is 1. The maximum absolute atomic E-state index is 11.1. The van der Waals surface area contributed by atoms with Crippen LogP contribution in [0.2, 0.25) is 0 Å². The Kier molecular flexibility index (Phi) is 4.19. The number of carbonyl (C=O) groups is 2. The Balaban J connectivity index is 2.86. The molecule has 0 heterocycles. The number of esters is 1. The van der Waals surface area contributed by atoms with Crippen LogP contribution in [-0.2, 0) is 9.53 Å². The number of hydrogen-bond acceptors (Lipinski definition) is 5. The largest absolute Gasteiger partial charge is 0.467 e. The number of benzene rings is 1. The number of amides is 1. The molecular formula is C11H14N2O4. The number of aliphatic hydroxyl groups is 1. The van der Waals surface area contributed by atoms with E-state index in [4.69, 9.17) is 11.5 Å². The van der Waals surface area contributed by atoms with Gasteiger partial charge in [-0.2, -0.15) is 0 Å². The molecule has 0 spiro atoms. The first-order chi connectivity index (χ1) is 7.97. The fourth-order valence-corrected chi connectivity index (χ4v) is 1.32. The molecule has 6 heteroatoms. The van der Waals surface area contributed by atoms with Gasteiger partial charge in [-0.15, -0.1) is 0 Å². The van der Waals surface area contributed by atoms with Gasteiger partial charge in [-0.3, -0.25) is 4.79 Å². The van der Waals surface area contributed by atoms with Crippen LogP contribution >= 0.6 is 0 Å². The SMILES string of the molecule is COC(=O)[C@H](O)[C@@H](N)c1ccc(C(N)=O)cc1. The molecular weight excluding hydrogens is 224 g/mol. The third-order valence-corrected chi connectivity index (χ3v) is 2.36. The first-order valence-electron chi connectivity index (χ1n) is 4.88. The van der Waals surface area contributed by atoms with Gasteiger partial charge in [-0.1, -0.05) is 12.1 Å². The summed E-state index contributed by atoms with van der Waals surface area (Å²) in [6, 6.07) is 5.08. The third-order valence-electron chi connectivity index (χ3n) is 2.36. The lowest BCUT2D eigenvalue weighted by molar-refractivity contribution is -0.151. The maximum atomic E-state index is 11.1. The van der Waals surface area contributed by atoms with Gasteiger partial charge in [0.05, 0.1) is 13.2 Å². The third kappa shape index (κ3) is 3.02. The van der Waals surface area contributed by atoms with E-state index in [0.29, 0.717) is 11.1 Å². The number of rotatable bonds is 4. The Labute approximate surface area is 98.2 Å². The average molecular weight is 238 g/mol. The van der Waals surface area contributed by atoms with Crippen LogP contribution in [-0.4, -0.2) is 30.2 Å². The van der Waals surface area contributed by atoms with Crippen LogP contribution in [0.5, 0.6) is 0 Å². The zero-order chi connectivity index (χ0) is 13.0. The second-order valence-electron chi connectivity index (χ2n) is 3.48. The minimum Gasteiger partial charge on any atom is -0.467 e. The molecule has 6 nitrogen and oxygen atoms in total. The van der Waals surface area contributed by atoms with Crippen LogP contribution in [0.3, 0.4) is 0 Å². The van der Waals surface area contributed by atoms with Crippen molar-refractivity contribution < 1.29 is 19.4 Å². The maximum Gasteiger partial charge on any atom is 0.336 e. The van der Waals surface area contributed by atoms with E-state index in [2.05, 4.69) is 4.74 Å². The number of ether oxygens (including phenoxy) is 1. The highest BCUT2D eigenvalue weighted by atomic mass is 16.5. The van der Waals surface area contributed by atoms with E-state index >= 15 is 0 Å². The highest BCUT2D eigenvalue weighted by molar-refractivity contribution is 5.92. The van der Waals surface area contributed by atoms with E-state index < -0.39 is 24.0 Å². The molecule has 0 aromatic heterocycles. The van der Waals surface area contributed by atoms with Crippen LogP contribution in [0, 0.1) is 0 Å². The molecule has 92 valence electrons. The van der Waals surface area contributed by atoms with Crippen molar-refractivity contribution >= 4 is 11.9 Å². The smallest absolute Gasteiger partial charge is 0.336 e. The molecule has 0 radical (unpaired) electrons. The normalized spacial score (nSPS) is 13.8. The highest BCUT2D eigenvalue weighted by Crippen LogP contribution is 2.16. The minimum atomic E-state index is -1.44. The van der Waals surface area contributed by atoms with Gasteiger partial charge in [0, 0.05) is 5.56 Å². The predicted molar refractivity (Wildman–Crippen MR) is 59.9 cm³/mol. The molecule has 2 atom stereocenters. The molecule has 0 fully saturated rings. The Hall–Kier alpha value is -1.92. The lowest BCUT2D eigenvalue weighted by Gasteiger charge is -2.17. The molecule has 1 rings (SSSR count). The Morgan fingerprint density at radius 1 is 1.29 bits per heavy atom. The zero-order valence-corrected chi connectivity index (χ0v) is 9.29. The fourth-order valence-electron chi connectivity index (χ4n) is 1.32. The van der Waals surface area contributed by atoms with E-state index in [1.165, 1.54) is 24.3 Å². The van der Waals surface area contributed by atoms with E-state index in [1.54, 1.807) is 0 Å². The van der Waals surface area contributed by atoms with Crippen molar-refractivity contribution in [3.63, 3.8) is 0 Å². The van der Waals surface area contributed by atoms with Crippen LogP contribution in [0.15, 0.2) is 24.3 Å². The lowest BCUT2D eigenvalue weighted by Crippen LogP contribution is -2.34. The van der Waals surface area contributed by atoms with Crippen molar-refractivity contribution in [2.75, 3.05) is 7.11 Å². The van der Waals surface area contributed by atoms with Crippen LogP contribution in [0.4, 0.5) is 0 Å². The van der Waals surface area contributed by atoms with E-state index in [0.717, 1.165) is 7.11 Å². The summed E-state index contributed by atoms with van der Waals surface area (Å²) in [5, 5.41) is 9.53. The van der Waals surface area contributed by atoms with Gasteiger partial charge < -0.3 is 21.3 Å². The van der Waals surface area contributed by atoms with Crippen LogP contribution in [0.25, 0.3) is 0 Å². The Bertz CT molecular complexity index is 416. The molecule has 1 amide bonds. The molecule has 0 aliphatic carbocycles. The molecule has 1 aromatic rings. The molecule has 17 heavy (non-hydrogen) atoms. The monoisotopic (exact) mass is 238 g/mol. The highest BCUT2D eigenvalue weighted by Gasteiger charge is 2.24. The van der Waals surface area contributed by atoms with Gasteiger partial charge >= 0.3 is 5.97 Å². The molecule has 5 N–H and O–H groups in total. The van der Waals surface area contributed by atoms with Crippen LogP contribution in [0.1, 0.15) is 22.0 Å². The summed E-state index contributed by atoms with van der Waals surface area (Å²) >= 11 is 0. The first kappa shape index (κ1) is 13.1. The van der Waals surface area contributed by atoms with Crippen molar-refractivity contribution in [1.29, 1.82) is 0 Å². The average Bonchev–Trinajstić information content (AvgIpc) is 2.36. The van der Waals surface area contributed by atoms with E-state index in [-0.39, 0.29) is 0 Å². The predicted octanol–water partition coefficient (Wildman–Crippen LogP) is -0.681. The number of aliphatic hydroxyl groups excluding tert-OH is 1. The molecule has 0 aliphatic rings. The van der Waals surface area contributed by atoms with Crippen molar-refractivity contribution in [2.24, 2.45) is 11.5 Å². The van der Waals surface area contributed by atoms with Gasteiger partial charge in [0.2, 0.25) is 5.91 Å². The van der Waals surface area contributed by atoms with Crippen molar-refractivity contribution in [3.05, 3.63) is 35.4 Å². The number of methoxy groups -OCH3 is 1. The second-order valence-corrected chi connectivity index (χ2v) is 3.48. The van der Waals surface area contributed by atoms with Crippen LogP contribution < -0.4 is 11.5 Å². The number of hydrogen-bond donors (Lipinski definition) is 3. The molecule has 0 unspecified atom stereocenters. The van der Waals surface area contributed by atoms with Gasteiger partial charge in [-0.05, 0) is 17.7 Å². The summed E-state index contributed by atoms with van der Waals surface area (Å²) in [4.78, 5) is 21.9. The fraction of sp³-hybridized carbons (Fsp3) is 0.273. The van der Waals surface area contributed by atoms with Gasteiger partial charge in [0.1, 0.15) is 0 Å². The summed E-state index contributed by atoms with van der Waals surface area (Å²) in [7, 11) is 1.16. The number of nitrogens with two attached hydrogens (primary N) is 2. The van der Waals surface area contributed by atoms with E-state index in [1.807, 2.05) is 0 Å². The summed E-state index contributed by atoms with van der Waals surface area (Å²) in [6.45, 7) is 0. The van der Waals surface area contributed by atoms with E-state index in [9.17, 15) is 14.7 Å². The molecule has 0 saturated carbocycles. The minimum absolute atomic E-state index is 0.327. The van der Waals surface area contributed by atoms with Crippen molar-refractivity contribution in [1.82, 2.24) is 0 Å². The van der Waals surface area contributed by atoms with Gasteiger partial charge in [-0.25, -0.2) is 4.79 Å². The molecule has 1 aromatic carbocycles. The van der Waals surface area contributed by atoms with Crippen molar-refractivity contribution in [3.8, 4) is 0 Å². The lowest BCUT2D eigenvalue weighted by atomic mass is 10.0. The van der Waals surface area contributed by atoms with Gasteiger partial charge in [0.15, 0.2) is 6.10 Å². The molecule has 0 aliphatic heterocycles.